The van der Waals surface area contributed by atoms with E-state index in [0.29, 0.717) is 0 Å². The average Bonchev–Trinajstić information content (AvgIpc) is 2.15. The molecule has 0 aliphatic heterocycles. The summed E-state index contributed by atoms with van der Waals surface area (Å²) < 4.78 is 9.93. The molecule has 8 nitrogen and oxygen atoms in total. The van der Waals surface area contributed by atoms with Gasteiger partial charge in [0.25, 0.3) is 0 Å². The number of rotatable bonds is 6. The quantitative estimate of drug-likeness (QED) is 0.422. The normalized spacial score (nSPS) is 10.8. The Morgan fingerprint density at radius 1 is 1.24 bits per heavy atom. The van der Waals surface area contributed by atoms with Crippen molar-refractivity contribution >= 4 is 31.5 Å². The molecule has 0 rings (SSSR count). The predicted octanol–water partition coefficient (Wildman–Crippen LogP) is -0.759. The molecule has 1 amide bonds. The Labute approximate surface area is 96.1 Å². The van der Waals surface area contributed by atoms with Crippen molar-refractivity contribution in [3.8, 4) is 5.63 Å². The third kappa shape index (κ3) is 7.05. The number of amides is 1. The molecule has 17 heavy (non-hydrogen) atoms. The van der Waals surface area contributed by atoms with Crippen molar-refractivity contribution in [2.24, 2.45) is 0 Å². The molecule has 0 fully saturated rings. The monoisotopic (exact) mass is 261 g/mol. The zero-order valence-electron chi connectivity index (χ0n) is 8.37. The van der Waals surface area contributed by atoms with Crippen molar-refractivity contribution < 1.29 is 34.0 Å². The zero-order valence-corrected chi connectivity index (χ0v) is 9.27. The van der Waals surface area contributed by atoms with Crippen molar-refractivity contribution in [3.63, 3.8) is 0 Å². The van der Waals surface area contributed by atoms with Crippen LogP contribution in [0.25, 0.3) is 0 Å². The van der Waals surface area contributed by atoms with Gasteiger partial charge in [-0.05, 0) is 0 Å². The van der Waals surface area contributed by atoms with Crippen molar-refractivity contribution in [2.75, 3.05) is 0 Å². The molecule has 0 saturated heterocycles. The summed E-state index contributed by atoms with van der Waals surface area (Å²) in [7, 11) is -0.684. The van der Waals surface area contributed by atoms with Crippen LogP contribution in [0.15, 0.2) is 0 Å². The number of Topliss-reactive ketones (excluding diaryl/α,β-unsaturated/α-hetero) is 1. The van der Waals surface area contributed by atoms with E-state index in [-0.39, 0.29) is 0 Å². The molecule has 92 valence electrons. The van der Waals surface area contributed by atoms with Crippen LogP contribution in [0, 0.1) is 5.63 Å². The van der Waals surface area contributed by atoms with Crippen molar-refractivity contribution in [3.05, 3.63) is 0 Å². The summed E-state index contributed by atoms with van der Waals surface area (Å²) in [5.41, 5.74) is 1.77. The van der Waals surface area contributed by atoms with Crippen LogP contribution in [0.1, 0.15) is 12.8 Å². The Balaban J connectivity index is 4.44. The topological polar surface area (TPSA) is 138 Å². The average molecular weight is 261 g/mol. The van der Waals surface area contributed by atoms with Gasteiger partial charge in [0.1, 0.15) is 0 Å². The van der Waals surface area contributed by atoms with Gasteiger partial charge in [-0.2, -0.15) is 0 Å². The van der Waals surface area contributed by atoms with Gasteiger partial charge < -0.3 is 0 Å². The van der Waals surface area contributed by atoms with E-state index in [4.69, 9.17) is 10.2 Å². The number of carboxylic acids is 2. The molecule has 0 saturated carbocycles. The molecule has 0 aromatic rings. The number of ketones is 1. The third-order valence-electron chi connectivity index (χ3n) is 1.50. The summed E-state index contributed by atoms with van der Waals surface area (Å²) in [6, 6.07) is -1.61. The van der Waals surface area contributed by atoms with Crippen LogP contribution in [0.3, 0.4) is 0 Å². The van der Waals surface area contributed by atoms with Gasteiger partial charge in [0.15, 0.2) is 0 Å². The van der Waals surface area contributed by atoms with Crippen molar-refractivity contribution in [1.82, 2.24) is 5.32 Å². The van der Waals surface area contributed by atoms with Gasteiger partial charge in [-0.25, -0.2) is 0 Å². The van der Waals surface area contributed by atoms with Crippen LogP contribution in [0.4, 0.5) is 0 Å². The van der Waals surface area contributed by atoms with Crippen LogP contribution in [0.2, 0.25) is 0 Å². The summed E-state index contributed by atoms with van der Waals surface area (Å²) in [6.45, 7) is 0. The number of hydrogen-bond acceptors (Lipinski definition) is 5. The maximum absolute atomic E-state index is 11.1. The van der Waals surface area contributed by atoms with Crippen LogP contribution in [0.5, 0.6) is 0 Å². The van der Waals surface area contributed by atoms with E-state index in [1.54, 1.807) is 5.63 Å². The molecule has 0 spiro atoms. The fraction of sp³-hybridized carbons (Fsp3) is 0.375. The molecule has 0 bridgehead atoms. The fourth-order valence-corrected chi connectivity index (χ4v) is 1.04. The minimum absolute atomic E-state index is 0.684. The molecule has 0 radical (unpaired) electrons. The number of hydrogen-bond donors (Lipinski definition) is 3. The van der Waals surface area contributed by atoms with Gasteiger partial charge >= 0.3 is 95.3 Å². The van der Waals surface area contributed by atoms with Crippen LogP contribution < -0.4 is 5.32 Å². The molecule has 0 heterocycles. The number of carboxylic acid groups (broad SMARTS) is 2. The molecule has 1 atom stereocenters. The second kappa shape index (κ2) is 7.38. The van der Waals surface area contributed by atoms with Gasteiger partial charge in [-0.1, -0.05) is 0 Å². The molecular formula is C8H8NO7P. The predicted molar refractivity (Wildman–Crippen MR) is 52.9 cm³/mol. The summed E-state index contributed by atoms with van der Waals surface area (Å²) in [6.07, 6.45) is -1.54. The van der Waals surface area contributed by atoms with E-state index < -0.39 is 50.4 Å². The van der Waals surface area contributed by atoms with E-state index >= 15 is 0 Å². The first-order valence-electron chi connectivity index (χ1n) is 4.22. The summed E-state index contributed by atoms with van der Waals surface area (Å²) in [4.78, 5) is 42.7. The van der Waals surface area contributed by atoms with Gasteiger partial charge in [0.2, 0.25) is 0 Å². The second-order valence-electron chi connectivity index (χ2n) is 2.86. The summed E-state index contributed by atoms with van der Waals surface area (Å²) in [5, 5.41) is 18.8. The van der Waals surface area contributed by atoms with Gasteiger partial charge in [0, 0.05) is 0 Å². The van der Waals surface area contributed by atoms with Crippen molar-refractivity contribution in [1.29, 1.82) is 0 Å². The Morgan fingerprint density at radius 3 is 2.24 bits per heavy atom. The number of aliphatic carboxylic acids is 2. The molecular weight excluding hydrogens is 253 g/mol. The first-order valence-corrected chi connectivity index (χ1v) is 5.03. The van der Waals surface area contributed by atoms with E-state index in [2.05, 4.69) is 0 Å². The van der Waals surface area contributed by atoms with Gasteiger partial charge in [0.05, 0.1) is 0 Å². The Kier molecular flexibility index (Phi) is 6.55. The molecule has 0 unspecified atom stereocenters. The molecule has 3 N–H and O–H groups in total. The first kappa shape index (κ1) is 15.1. The standard InChI is InChI=1S/C8H8NO7P/c10-4(3-17-16)1-6(11)9-5(8(14)15)2-7(12)13/h5H,1-2H2,(H,9,11)(H,12,13)(H,14,15)/t5-/m0/s1. The molecule has 0 aliphatic rings. The fourth-order valence-electron chi connectivity index (χ4n) is 0.856. The zero-order chi connectivity index (χ0) is 13.4. The number of carbonyl (C=O) groups excluding carboxylic acids is 2. The molecule has 0 aromatic heterocycles. The van der Waals surface area contributed by atoms with Gasteiger partial charge in [-0.15, -0.1) is 0 Å². The molecule has 9 heteroatoms. The summed E-state index contributed by atoms with van der Waals surface area (Å²) >= 11 is 0. The van der Waals surface area contributed by atoms with E-state index in [0.717, 1.165) is 0 Å². The SMILES string of the molecule is O=P#CC(=O)CC(=O)N[C@@H](CC(=O)O)C(=O)O. The maximum atomic E-state index is 11.1. The summed E-state index contributed by atoms with van der Waals surface area (Å²) in [5.74, 6) is -4.78. The number of nitrogens with one attached hydrogen (secondary N) is 1. The van der Waals surface area contributed by atoms with E-state index in [1.807, 2.05) is 5.32 Å². The van der Waals surface area contributed by atoms with E-state index in [9.17, 15) is 23.7 Å². The van der Waals surface area contributed by atoms with Crippen LogP contribution in [-0.2, 0) is 23.7 Å². The molecule has 0 aliphatic carbocycles. The Bertz CT molecular complexity index is 451. The first-order chi connectivity index (χ1) is 7.86. The second-order valence-corrected chi connectivity index (χ2v) is 3.27. The number of carbonyl (C=O) groups is 4. The van der Waals surface area contributed by atoms with Crippen LogP contribution >= 0.6 is 7.92 Å². The Morgan fingerprint density at radius 2 is 1.82 bits per heavy atom. The third-order valence-corrected chi connectivity index (χ3v) is 1.84. The molecule has 0 aromatic carbocycles. The Hall–Kier alpha value is -1.91. The van der Waals surface area contributed by atoms with E-state index in [1.165, 1.54) is 0 Å². The van der Waals surface area contributed by atoms with Crippen molar-refractivity contribution in [2.45, 2.75) is 18.9 Å². The minimum atomic E-state index is -1.61. The van der Waals surface area contributed by atoms with Gasteiger partial charge in [-0.3, -0.25) is 0 Å². The van der Waals surface area contributed by atoms with Crippen LogP contribution in [-0.4, -0.2) is 39.9 Å².